The molecule has 1 aromatic carbocycles. The fraction of sp³-hybridized carbons (Fsp3) is 0.455. The molecule has 0 amide bonds. The Bertz CT molecular complexity index is 341. The van der Waals surface area contributed by atoms with Crippen LogP contribution in [-0.4, -0.2) is 0 Å². The lowest BCUT2D eigenvalue weighted by Crippen LogP contribution is -2.04. The van der Waals surface area contributed by atoms with Crippen LogP contribution in [0.3, 0.4) is 0 Å². The molecule has 14 heavy (non-hydrogen) atoms. The molecule has 0 bridgehead atoms. The minimum Gasteiger partial charge on any atom is -0.166 e. The van der Waals surface area contributed by atoms with Gasteiger partial charge in [-0.1, -0.05) is 25.1 Å². The molecule has 0 unspecified atom stereocenters. The van der Waals surface area contributed by atoms with E-state index in [2.05, 4.69) is 6.92 Å². The average molecular weight is 200 g/mol. The third-order valence-electron chi connectivity index (χ3n) is 2.75. The maximum Gasteiger partial charge on any atom is 0.416 e. The van der Waals surface area contributed by atoms with E-state index in [0.29, 0.717) is 11.8 Å². The van der Waals surface area contributed by atoms with Crippen LogP contribution >= 0.6 is 0 Å². The van der Waals surface area contributed by atoms with Gasteiger partial charge in [-0.15, -0.1) is 0 Å². The molecule has 0 heterocycles. The standard InChI is InChI=1S/C11H11F3/c1-7-5-10(7)8-3-2-4-9(6-8)11(12,13)14/h2-4,6-7,10H,5H2,1H3/t7-,10+/m0/s1. The van der Waals surface area contributed by atoms with Gasteiger partial charge in [0.2, 0.25) is 0 Å². The van der Waals surface area contributed by atoms with Crippen molar-refractivity contribution in [3.8, 4) is 0 Å². The van der Waals surface area contributed by atoms with Gasteiger partial charge in [0.25, 0.3) is 0 Å². The third-order valence-corrected chi connectivity index (χ3v) is 2.75. The van der Waals surface area contributed by atoms with E-state index in [9.17, 15) is 13.2 Å². The van der Waals surface area contributed by atoms with Crippen LogP contribution in [0, 0.1) is 5.92 Å². The van der Waals surface area contributed by atoms with Crippen LogP contribution in [0.4, 0.5) is 13.2 Å². The number of halogens is 3. The smallest absolute Gasteiger partial charge is 0.166 e. The highest BCUT2D eigenvalue weighted by atomic mass is 19.4. The molecule has 0 radical (unpaired) electrons. The molecule has 1 saturated carbocycles. The molecule has 0 aliphatic heterocycles. The number of hydrogen-bond donors (Lipinski definition) is 0. The van der Waals surface area contributed by atoms with Gasteiger partial charge >= 0.3 is 6.18 Å². The van der Waals surface area contributed by atoms with Crippen molar-refractivity contribution in [1.82, 2.24) is 0 Å². The molecule has 1 fully saturated rings. The SMILES string of the molecule is C[C@H]1C[C@H]1c1cccc(C(F)(F)F)c1. The summed E-state index contributed by atoms with van der Waals surface area (Å²) in [6.07, 6.45) is -3.20. The van der Waals surface area contributed by atoms with Crippen molar-refractivity contribution in [2.45, 2.75) is 25.4 Å². The maximum atomic E-state index is 12.3. The largest absolute Gasteiger partial charge is 0.416 e. The molecule has 2 rings (SSSR count). The van der Waals surface area contributed by atoms with Crippen molar-refractivity contribution >= 4 is 0 Å². The minimum atomic E-state index is -4.21. The molecule has 2 atom stereocenters. The maximum absolute atomic E-state index is 12.3. The molecular weight excluding hydrogens is 189 g/mol. The first-order valence-electron chi connectivity index (χ1n) is 4.65. The van der Waals surface area contributed by atoms with Gasteiger partial charge in [0, 0.05) is 0 Å². The Kier molecular flexibility index (Phi) is 2.05. The van der Waals surface area contributed by atoms with E-state index in [-0.39, 0.29) is 0 Å². The molecule has 0 spiro atoms. The van der Waals surface area contributed by atoms with Crippen LogP contribution in [0.2, 0.25) is 0 Å². The number of hydrogen-bond acceptors (Lipinski definition) is 0. The van der Waals surface area contributed by atoms with Crippen molar-refractivity contribution in [2.75, 3.05) is 0 Å². The number of benzene rings is 1. The van der Waals surface area contributed by atoms with Gasteiger partial charge in [-0.3, -0.25) is 0 Å². The third kappa shape index (κ3) is 1.76. The van der Waals surface area contributed by atoms with Crippen molar-refractivity contribution in [2.24, 2.45) is 5.92 Å². The quantitative estimate of drug-likeness (QED) is 0.646. The summed E-state index contributed by atoms with van der Waals surface area (Å²) < 4.78 is 37.0. The highest BCUT2D eigenvalue weighted by molar-refractivity contribution is 5.31. The normalized spacial score (nSPS) is 26.3. The van der Waals surface area contributed by atoms with Gasteiger partial charge in [0.05, 0.1) is 5.56 Å². The lowest BCUT2D eigenvalue weighted by Gasteiger charge is -2.07. The van der Waals surface area contributed by atoms with Crippen molar-refractivity contribution in [3.05, 3.63) is 35.4 Å². The lowest BCUT2D eigenvalue weighted by atomic mass is 10.1. The van der Waals surface area contributed by atoms with Crippen LogP contribution in [0.15, 0.2) is 24.3 Å². The minimum absolute atomic E-state index is 0.345. The zero-order chi connectivity index (χ0) is 10.3. The Balaban J connectivity index is 2.28. The zero-order valence-corrected chi connectivity index (χ0v) is 7.81. The summed E-state index contributed by atoms with van der Waals surface area (Å²) in [5, 5.41) is 0. The first-order valence-corrected chi connectivity index (χ1v) is 4.65. The van der Waals surface area contributed by atoms with E-state index in [1.807, 2.05) is 0 Å². The summed E-state index contributed by atoms with van der Waals surface area (Å²) in [4.78, 5) is 0. The Morgan fingerprint density at radius 2 is 1.93 bits per heavy atom. The van der Waals surface area contributed by atoms with E-state index in [1.165, 1.54) is 12.1 Å². The summed E-state index contributed by atoms with van der Waals surface area (Å²) in [5.74, 6) is 0.885. The first kappa shape index (κ1) is 9.56. The van der Waals surface area contributed by atoms with E-state index >= 15 is 0 Å². The zero-order valence-electron chi connectivity index (χ0n) is 7.81. The summed E-state index contributed by atoms with van der Waals surface area (Å²) in [5.41, 5.74) is 0.293. The van der Waals surface area contributed by atoms with Gasteiger partial charge in [-0.25, -0.2) is 0 Å². The van der Waals surface area contributed by atoms with E-state index in [4.69, 9.17) is 0 Å². The lowest BCUT2D eigenvalue weighted by molar-refractivity contribution is -0.137. The second-order valence-electron chi connectivity index (χ2n) is 3.94. The van der Waals surface area contributed by atoms with Gasteiger partial charge in [0.15, 0.2) is 0 Å². The van der Waals surface area contributed by atoms with Crippen LogP contribution in [0.25, 0.3) is 0 Å². The highest BCUT2D eigenvalue weighted by Gasteiger charge is 2.36. The Hall–Kier alpha value is -0.990. The number of rotatable bonds is 1. The van der Waals surface area contributed by atoms with Crippen LogP contribution in [-0.2, 0) is 6.18 Å². The molecule has 1 aliphatic carbocycles. The average Bonchev–Trinajstić information content (AvgIpc) is 2.82. The second kappa shape index (κ2) is 3.01. The van der Waals surface area contributed by atoms with Crippen molar-refractivity contribution in [1.29, 1.82) is 0 Å². The van der Waals surface area contributed by atoms with Crippen molar-refractivity contribution < 1.29 is 13.2 Å². The first-order chi connectivity index (χ1) is 6.48. The van der Waals surface area contributed by atoms with Gasteiger partial charge in [-0.05, 0) is 29.9 Å². The predicted octanol–water partition coefficient (Wildman–Crippen LogP) is 3.83. The van der Waals surface area contributed by atoms with Gasteiger partial charge in [-0.2, -0.15) is 13.2 Å². The molecule has 1 aliphatic rings. The molecule has 0 aromatic heterocycles. The van der Waals surface area contributed by atoms with E-state index < -0.39 is 11.7 Å². The molecular formula is C11H11F3. The fourth-order valence-corrected chi connectivity index (χ4v) is 1.73. The highest BCUT2D eigenvalue weighted by Crippen LogP contribution is 2.47. The van der Waals surface area contributed by atoms with Crippen LogP contribution < -0.4 is 0 Å². The van der Waals surface area contributed by atoms with Crippen LogP contribution in [0.1, 0.15) is 30.4 Å². The van der Waals surface area contributed by atoms with Crippen LogP contribution in [0.5, 0.6) is 0 Å². The summed E-state index contributed by atoms with van der Waals surface area (Å²) >= 11 is 0. The molecule has 0 N–H and O–H groups in total. The molecule has 3 heteroatoms. The Labute approximate surface area is 80.7 Å². The molecule has 1 aromatic rings. The second-order valence-corrected chi connectivity index (χ2v) is 3.94. The molecule has 0 saturated heterocycles. The van der Waals surface area contributed by atoms with E-state index in [0.717, 1.165) is 18.1 Å². The van der Waals surface area contributed by atoms with E-state index in [1.54, 1.807) is 6.07 Å². The monoisotopic (exact) mass is 200 g/mol. The van der Waals surface area contributed by atoms with Gasteiger partial charge < -0.3 is 0 Å². The molecule has 76 valence electrons. The van der Waals surface area contributed by atoms with Crippen molar-refractivity contribution in [3.63, 3.8) is 0 Å². The summed E-state index contributed by atoms with van der Waals surface area (Å²) in [7, 11) is 0. The number of alkyl halides is 3. The summed E-state index contributed by atoms with van der Waals surface area (Å²) in [6, 6.07) is 5.66. The summed E-state index contributed by atoms with van der Waals surface area (Å²) in [6.45, 7) is 2.06. The predicted molar refractivity (Wildman–Crippen MR) is 48.0 cm³/mol. The molecule has 0 nitrogen and oxygen atoms in total. The Morgan fingerprint density at radius 1 is 1.29 bits per heavy atom. The van der Waals surface area contributed by atoms with Gasteiger partial charge in [0.1, 0.15) is 0 Å². The Morgan fingerprint density at radius 3 is 2.43 bits per heavy atom. The fourth-order valence-electron chi connectivity index (χ4n) is 1.73. The topological polar surface area (TPSA) is 0 Å².